The van der Waals surface area contributed by atoms with Gasteiger partial charge in [0.1, 0.15) is 0 Å². The molecular weight excluding hydrogens is 246 g/mol. The topological polar surface area (TPSA) is 78.6 Å². The van der Waals surface area contributed by atoms with Crippen LogP contribution >= 0.6 is 0 Å². The molecule has 0 aromatic heterocycles. The molecule has 1 aliphatic heterocycles. The lowest BCUT2D eigenvalue weighted by atomic mass is 9.74. The molecule has 0 bridgehead atoms. The van der Waals surface area contributed by atoms with Crippen molar-refractivity contribution in [3.8, 4) is 0 Å². The summed E-state index contributed by atoms with van der Waals surface area (Å²) in [6, 6.07) is 9.46. The standard InChI is InChI=1S/C14H17NO4/c15-12(16)10-19-13(17)14(6-8-18-9-7-14)11-4-2-1-3-5-11/h1-5H,6-10H2,(H2,15,16). The second kappa shape index (κ2) is 5.84. The molecule has 1 fully saturated rings. The van der Waals surface area contributed by atoms with Crippen molar-refractivity contribution in [1.82, 2.24) is 0 Å². The summed E-state index contributed by atoms with van der Waals surface area (Å²) in [7, 11) is 0. The van der Waals surface area contributed by atoms with Crippen molar-refractivity contribution in [2.24, 2.45) is 5.73 Å². The fourth-order valence-electron chi connectivity index (χ4n) is 2.36. The third-order valence-corrected chi connectivity index (χ3v) is 3.41. The SMILES string of the molecule is NC(=O)COC(=O)C1(c2ccccc2)CCOCC1. The van der Waals surface area contributed by atoms with Gasteiger partial charge in [0.2, 0.25) is 0 Å². The van der Waals surface area contributed by atoms with Gasteiger partial charge in [0, 0.05) is 13.2 Å². The Bertz CT molecular complexity index is 452. The molecule has 0 aliphatic carbocycles. The third-order valence-electron chi connectivity index (χ3n) is 3.41. The molecule has 1 aromatic rings. The Balaban J connectivity index is 2.24. The summed E-state index contributed by atoms with van der Waals surface area (Å²) in [5.41, 5.74) is 5.18. The fourth-order valence-corrected chi connectivity index (χ4v) is 2.36. The first kappa shape index (κ1) is 13.5. The van der Waals surface area contributed by atoms with Crippen LogP contribution in [0.5, 0.6) is 0 Å². The quantitative estimate of drug-likeness (QED) is 0.813. The van der Waals surface area contributed by atoms with E-state index in [1.807, 2.05) is 30.3 Å². The van der Waals surface area contributed by atoms with Gasteiger partial charge in [-0.1, -0.05) is 30.3 Å². The van der Waals surface area contributed by atoms with E-state index in [1.165, 1.54) is 0 Å². The number of hydrogen-bond donors (Lipinski definition) is 1. The third kappa shape index (κ3) is 2.93. The van der Waals surface area contributed by atoms with E-state index < -0.39 is 17.3 Å². The van der Waals surface area contributed by atoms with Gasteiger partial charge in [-0.15, -0.1) is 0 Å². The molecule has 0 atom stereocenters. The van der Waals surface area contributed by atoms with Crippen LogP contribution in [-0.2, 0) is 24.5 Å². The number of hydrogen-bond acceptors (Lipinski definition) is 4. The highest BCUT2D eigenvalue weighted by molar-refractivity contribution is 5.86. The second-order valence-electron chi connectivity index (χ2n) is 4.60. The molecule has 0 unspecified atom stereocenters. The zero-order chi connectivity index (χ0) is 13.7. The van der Waals surface area contributed by atoms with E-state index in [9.17, 15) is 9.59 Å². The van der Waals surface area contributed by atoms with Crippen LogP contribution < -0.4 is 5.73 Å². The maximum Gasteiger partial charge on any atom is 0.317 e. The van der Waals surface area contributed by atoms with Gasteiger partial charge in [0.25, 0.3) is 5.91 Å². The monoisotopic (exact) mass is 263 g/mol. The average Bonchev–Trinajstić information content (AvgIpc) is 2.46. The molecule has 1 aliphatic rings. The highest BCUT2D eigenvalue weighted by Crippen LogP contribution is 2.36. The number of benzene rings is 1. The Labute approximate surface area is 111 Å². The van der Waals surface area contributed by atoms with Crippen molar-refractivity contribution in [3.05, 3.63) is 35.9 Å². The molecular formula is C14H17NO4. The summed E-state index contributed by atoms with van der Waals surface area (Å²) in [6.07, 6.45) is 1.10. The maximum absolute atomic E-state index is 12.3. The number of amides is 1. The number of carbonyl (C=O) groups is 2. The highest BCUT2D eigenvalue weighted by atomic mass is 16.5. The Morgan fingerprint density at radius 3 is 2.42 bits per heavy atom. The summed E-state index contributed by atoms with van der Waals surface area (Å²) in [5.74, 6) is -1.05. The summed E-state index contributed by atoms with van der Waals surface area (Å²) in [4.78, 5) is 23.1. The molecule has 0 spiro atoms. The summed E-state index contributed by atoms with van der Waals surface area (Å²) in [6.45, 7) is 0.620. The lowest BCUT2D eigenvalue weighted by Gasteiger charge is -2.35. The Hall–Kier alpha value is -1.88. The van der Waals surface area contributed by atoms with Crippen molar-refractivity contribution < 1.29 is 19.1 Å². The van der Waals surface area contributed by atoms with Crippen molar-refractivity contribution in [3.63, 3.8) is 0 Å². The minimum atomic E-state index is -0.727. The van der Waals surface area contributed by atoms with Gasteiger partial charge in [-0.05, 0) is 18.4 Å². The van der Waals surface area contributed by atoms with Crippen molar-refractivity contribution in [1.29, 1.82) is 0 Å². The van der Waals surface area contributed by atoms with Gasteiger partial charge in [-0.3, -0.25) is 9.59 Å². The van der Waals surface area contributed by atoms with E-state index in [1.54, 1.807) is 0 Å². The van der Waals surface area contributed by atoms with Crippen LogP contribution in [0.15, 0.2) is 30.3 Å². The van der Waals surface area contributed by atoms with Crippen LogP contribution in [0.4, 0.5) is 0 Å². The normalized spacial score (nSPS) is 17.7. The predicted octanol–water partition coefficient (Wildman–Crippen LogP) is 0.763. The predicted molar refractivity (Wildman–Crippen MR) is 68.3 cm³/mol. The van der Waals surface area contributed by atoms with Crippen molar-refractivity contribution in [2.75, 3.05) is 19.8 Å². The molecule has 1 saturated heterocycles. The average molecular weight is 263 g/mol. The molecule has 5 nitrogen and oxygen atoms in total. The first-order valence-electron chi connectivity index (χ1n) is 6.24. The van der Waals surface area contributed by atoms with Crippen LogP contribution in [-0.4, -0.2) is 31.7 Å². The number of nitrogens with two attached hydrogens (primary N) is 1. The van der Waals surface area contributed by atoms with Crippen LogP contribution in [0.2, 0.25) is 0 Å². The molecule has 0 radical (unpaired) electrons. The molecule has 2 N–H and O–H groups in total. The lowest BCUT2D eigenvalue weighted by Crippen LogP contribution is -2.43. The fraction of sp³-hybridized carbons (Fsp3) is 0.429. The first-order valence-corrected chi connectivity index (χ1v) is 6.24. The number of esters is 1. The molecule has 2 rings (SSSR count). The molecule has 5 heteroatoms. The van der Waals surface area contributed by atoms with Gasteiger partial charge in [-0.25, -0.2) is 0 Å². The smallest absolute Gasteiger partial charge is 0.317 e. The van der Waals surface area contributed by atoms with Gasteiger partial charge >= 0.3 is 5.97 Å². The Morgan fingerprint density at radius 2 is 1.84 bits per heavy atom. The number of primary amides is 1. The molecule has 102 valence electrons. The van der Waals surface area contributed by atoms with E-state index in [4.69, 9.17) is 15.2 Å². The highest BCUT2D eigenvalue weighted by Gasteiger charge is 2.43. The lowest BCUT2D eigenvalue weighted by molar-refractivity contribution is -0.157. The van der Waals surface area contributed by atoms with E-state index in [2.05, 4.69) is 0 Å². The van der Waals surface area contributed by atoms with Gasteiger partial charge < -0.3 is 15.2 Å². The molecule has 1 heterocycles. The summed E-state index contributed by atoms with van der Waals surface area (Å²) in [5, 5.41) is 0. The molecule has 1 aromatic carbocycles. The van der Waals surface area contributed by atoms with Crippen molar-refractivity contribution >= 4 is 11.9 Å². The molecule has 1 amide bonds. The van der Waals surface area contributed by atoms with Crippen LogP contribution in [0.3, 0.4) is 0 Å². The zero-order valence-electron chi connectivity index (χ0n) is 10.6. The van der Waals surface area contributed by atoms with Crippen LogP contribution in [0.1, 0.15) is 18.4 Å². The van der Waals surface area contributed by atoms with Crippen LogP contribution in [0, 0.1) is 0 Å². The number of carbonyl (C=O) groups excluding carboxylic acids is 2. The minimum Gasteiger partial charge on any atom is -0.455 e. The largest absolute Gasteiger partial charge is 0.455 e. The van der Waals surface area contributed by atoms with Gasteiger partial charge in [0.05, 0.1) is 5.41 Å². The molecule has 0 saturated carbocycles. The summed E-state index contributed by atoms with van der Waals surface area (Å²) >= 11 is 0. The van der Waals surface area contributed by atoms with Crippen molar-refractivity contribution in [2.45, 2.75) is 18.3 Å². The Kier molecular flexibility index (Phi) is 4.16. The number of ether oxygens (including phenoxy) is 2. The minimum absolute atomic E-state index is 0.381. The first-order chi connectivity index (χ1) is 9.15. The Morgan fingerprint density at radius 1 is 1.21 bits per heavy atom. The van der Waals surface area contributed by atoms with E-state index in [-0.39, 0.29) is 6.61 Å². The van der Waals surface area contributed by atoms with E-state index in [0.29, 0.717) is 26.1 Å². The van der Waals surface area contributed by atoms with E-state index in [0.717, 1.165) is 5.56 Å². The number of rotatable bonds is 4. The van der Waals surface area contributed by atoms with Gasteiger partial charge in [0.15, 0.2) is 6.61 Å². The second-order valence-corrected chi connectivity index (χ2v) is 4.60. The maximum atomic E-state index is 12.3. The van der Waals surface area contributed by atoms with E-state index >= 15 is 0 Å². The molecule has 19 heavy (non-hydrogen) atoms. The summed E-state index contributed by atoms with van der Waals surface area (Å²) < 4.78 is 10.4. The van der Waals surface area contributed by atoms with Crippen LogP contribution in [0.25, 0.3) is 0 Å². The zero-order valence-corrected chi connectivity index (χ0v) is 10.6. The van der Waals surface area contributed by atoms with Gasteiger partial charge in [-0.2, -0.15) is 0 Å².